The number of aromatic carboxylic acids is 1. The third-order valence-electron chi connectivity index (χ3n) is 5.90. The van der Waals surface area contributed by atoms with Crippen molar-refractivity contribution >= 4 is 40.5 Å². The van der Waals surface area contributed by atoms with Gasteiger partial charge in [0.1, 0.15) is 0 Å². The molecule has 7 heteroatoms. The Morgan fingerprint density at radius 3 is 2.39 bits per heavy atom. The molecule has 4 rings (SSSR count). The zero-order valence-electron chi connectivity index (χ0n) is 18.6. The summed E-state index contributed by atoms with van der Waals surface area (Å²) >= 11 is 5.93. The number of piperazine rings is 1. The van der Waals surface area contributed by atoms with Gasteiger partial charge >= 0.3 is 5.97 Å². The van der Waals surface area contributed by atoms with Crippen LogP contribution in [0.4, 0.5) is 17.1 Å². The molecular formula is C26H26ClN3O3. The molecule has 1 amide bonds. The molecule has 2 N–H and O–H groups in total. The van der Waals surface area contributed by atoms with Crippen LogP contribution in [0.3, 0.4) is 0 Å². The van der Waals surface area contributed by atoms with Gasteiger partial charge in [-0.2, -0.15) is 0 Å². The molecule has 0 saturated carbocycles. The molecule has 0 unspecified atom stereocenters. The molecule has 1 saturated heterocycles. The maximum atomic E-state index is 12.8. The Morgan fingerprint density at radius 1 is 1.00 bits per heavy atom. The fourth-order valence-corrected chi connectivity index (χ4v) is 4.33. The first-order valence-corrected chi connectivity index (χ1v) is 11.2. The lowest BCUT2D eigenvalue weighted by Crippen LogP contribution is -2.52. The number of nitrogens with zero attached hydrogens (tertiary/aromatic N) is 2. The van der Waals surface area contributed by atoms with Gasteiger partial charge in [-0.3, -0.25) is 4.79 Å². The van der Waals surface area contributed by atoms with Gasteiger partial charge in [0.05, 0.1) is 16.9 Å². The van der Waals surface area contributed by atoms with E-state index in [1.165, 1.54) is 17.3 Å². The van der Waals surface area contributed by atoms with Crippen LogP contribution in [0.1, 0.15) is 33.2 Å². The summed E-state index contributed by atoms with van der Waals surface area (Å²) in [7, 11) is 0. The van der Waals surface area contributed by atoms with Crippen LogP contribution >= 0.6 is 11.6 Å². The maximum absolute atomic E-state index is 12.8. The van der Waals surface area contributed by atoms with Gasteiger partial charge in [0.2, 0.25) is 0 Å². The second kappa shape index (κ2) is 9.55. The highest BCUT2D eigenvalue weighted by atomic mass is 35.5. The van der Waals surface area contributed by atoms with Crippen molar-refractivity contribution in [3.05, 3.63) is 88.4 Å². The number of rotatable bonds is 5. The largest absolute Gasteiger partial charge is 0.478 e. The van der Waals surface area contributed by atoms with Crippen molar-refractivity contribution < 1.29 is 14.7 Å². The van der Waals surface area contributed by atoms with Gasteiger partial charge < -0.3 is 20.2 Å². The summed E-state index contributed by atoms with van der Waals surface area (Å²) in [5.41, 5.74) is 4.27. The van der Waals surface area contributed by atoms with E-state index in [1.807, 2.05) is 0 Å². The number of anilines is 3. The van der Waals surface area contributed by atoms with Gasteiger partial charge in [0, 0.05) is 41.9 Å². The number of benzene rings is 3. The third kappa shape index (κ3) is 5.12. The Kier molecular flexibility index (Phi) is 6.56. The number of carboxylic acid groups (broad SMARTS) is 1. The Bertz CT molecular complexity index is 1180. The van der Waals surface area contributed by atoms with E-state index in [0.29, 0.717) is 16.3 Å². The molecule has 170 valence electrons. The Morgan fingerprint density at radius 2 is 1.73 bits per heavy atom. The van der Waals surface area contributed by atoms with Gasteiger partial charge in [-0.15, -0.1) is 0 Å². The van der Waals surface area contributed by atoms with Crippen LogP contribution in [0.5, 0.6) is 0 Å². The lowest BCUT2D eigenvalue weighted by molar-refractivity contribution is 0.0696. The summed E-state index contributed by atoms with van der Waals surface area (Å²) in [6, 6.07) is 20.1. The number of carboxylic acids is 1. The van der Waals surface area contributed by atoms with Crippen LogP contribution in [0.15, 0.2) is 66.7 Å². The molecular weight excluding hydrogens is 438 g/mol. The Balaban J connectivity index is 1.59. The first-order chi connectivity index (χ1) is 15.8. The van der Waals surface area contributed by atoms with E-state index in [-0.39, 0.29) is 17.5 Å². The van der Waals surface area contributed by atoms with E-state index < -0.39 is 5.97 Å². The first-order valence-electron chi connectivity index (χ1n) is 10.8. The molecule has 1 fully saturated rings. The number of amides is 1. The van der Waals surface area contributed by atoms with E-state index in [2.05, 4.69) is 53.2 Å². The molecule has 0 aliphatic carbocycles. The van der Waals surface area contributed by atoms with Crippen molar-refractivity contribution in [1.29, 1.82) is 0 Å². The predicted molar refractivity (Wildman–Crippen MR) is 133 cm³/mol. The predicted octanol–water partition coefficient (Wildman–Crippen LogP) is 5.31. The number of carbonyl (C=O) groups excluding carboxylic acids is 1. The maximum Gasteiger partial charge on any atom is 0.335 e. The zero-order chi connectivity index (χ0) is 23.5. The van der Waals surface area contributed by atoms with Crippen LogP contribution in [0.25, 0.3) is 0 Å². The van der Waals surface area contributed by atoms with Crippen LogP contribution < -0.4 is 15.1 Å². The third-order valence-corrected chi connectivity index (χ3v) is 6.15. The molecule has 33 heavy (non-hydrogen) atoms. The van der Waals surface area contributed by atoms with Gasteiger partial charge in [-0.25, -0.2) is 4.79 Å². The fraction of sp³-hybridized carbons (Fsp3) is 0.231. The average Bonchev–Trinajstić information content (AvgIpc) is 2.79. The van der Waals surface area contributed by atoms with Crippen LogP contribution in [0.2, 0.25) is 5.02 Å². The van der Waals surface area contributed by atoms with Crippen LogP contribution in [-0.4, -0.2) is 42.7 Å². The SMILES string of the molecule is Cc1cccc(N2CCN(c3ccc(C(=O)O)cc3NC(=O)c3ccc(Cl)cc3)C[C@@H]2C)c1. The highest BCUT2D eigenvalue weighted by Gasteiger charge is 2.26. The summed E-state index contributed by atoms with van der Waals surface area (Å²) < 4.78 is 0. The van der Waals surface area contributed by atoms with Gasteiger partial charge in [-0.1, -0.05) is 23.7 Å². The van der Waals surface area contributed by atoms with Gasteiger partial charge in [-0.05, 0) is 74.0 Å². The minimum Gasteiger partial charge on any atom is -0.478 e. The van der Waals surface area contributed by atoms with Crippen molar-refractivity contribution in [2.45, 2.75) is 19.9 Å². The lowest BCUT2D eigenvalue weighted by Gasteiger charge is -2.43. The minimum atomic E-state index is -1.04. The molecule has 0 spiro atoms. The summed E-state index contributed by atoms with van der Waals surface area (Å²) in [6.07, 6.45) is 0. The van der Waals surface area contributed by atoms with Gasteiger partial charge in [0.25, 0.3) is 5.91 Å². The molecule has 1 aliphatic heterocycles. The summed E-state index contributed by atoms with van der Waals surface area (Å²) in [4.78, 5) is 29.0. The Labute approximate surface area is 198 Å². The molecule has 0 bridgehead atoms. The number of hydrogen-bond acceptors (Lipinski definition) is 4. The van der Waals surface area contributed by atoms with E-state index in [4.69, 9.17) is 11.6 Å². The quantitative estimate of drug-likeness (QED) is 0.536. The highest BCUT2D eigenvalue weighted by molar-refractivity contribution is 6.30. The van der Waals surface area contributed by atoms with Crippen molar-refractivity contribution in [3.63, 3.8) is 0 Å². The number of hydrogen-bond donors (Lipinski definition) is 2. The molecule has 0 radical (unpaired) electrons. The molecule has 1 atom stereocenters. The lowest BCUT2D eigenvalue weighted by atomic mass is 10.1. The van der Waals surface area contributed by atoms with Crippen molar-refractivity contribution in [1.82, 2.24) is 0 Å². The number of aryl methyl sites for hydroxylation is 1. The van der Waals surface area contributed by atoms with E-state index in [9.17, 15) is 14.7 Å². The van der Waals surface area contributed by atoms with Crippen molar-refractivity contribution in [2.75, 3.05) is 34.8 Å². The number of carbonyl (C=O) groups is 2. The summed E-state index contributed by atoms with van der Waals surface area (Å²) in [6.45, 7) is 6.56. The fourth-order valence-electron chi connectivity index (χ4n) is 4.21. The van der Waals surface area contributed by atoms with Gasteiger partial charge in [0.15, 0.2) is 0 Å². The normalized spacial score (nSPS) is 15.9. The molecule has 0 aromatic heterocycles. The van der Waals surface area contributed by atoms with Crippen LogP contribution in [-0.2, 0) is 0 Å². The monoisotopic (exact) mass is 463 g/mol. The minimum absolute atomic E-state index is 0.122. The van der Waals surface area contributed by atoms with E-state index in [0.717, 1.165) is 25.3 Å². The van der Waals surface area contributed by atoms with Crippen LogP contribution in [0, 0.1) is 6.92 Å². The molecule has 3 aromatic carbocycles. The number of nitrogens with one attached hydrogen (secondary N) is 1. The Hall–Kier alpha value is -3.51. The smallest absolute Gasteiger partial charge is 0.335 e. The molecule has 6 nitrogen and oxygen atoms in total. The standard InChI is InChI=1S/C26H26ClN3O3/c1-17-4-3-5-22(14-17)30-13-12-29(16-18(30)2)24-11-8-20(26(32)33)15-23(24)28-25(31)19-6-9-21(27)10-7-19/h3-11,14-15,18H,12-13,16H2,1-2H3,(H,28,31)(H,32,33)/t18-/m0/s1. The second-order valence-corrected chi connectivity index (χ2v) is 8.76. The molecule has 3 aromatic rings. The van der Waals surface area contributed by atoms with E-state index >= 15 is 0 Å². The average molecular weight is 464 g/mol. The first kappa shape index (κ1) is 22.7. The van der Waals surface area contributed by atoms with Crippen molar-refractivity contribution in [3.8, 4) is 0 Å². The zero-order valence-corrected chi connectivity index (χ0v) is 19.3. The number of halogens is 1. The topological polar surface area (TPSA) is 72.9 Å². The molecule has 1 heterocycles. The second-order valence-electron chi connectivity index (χ2n) is 8.33. The van der Waals surface area contributed by atoms with Crippen molar-refractivity contribution in [2.24, 2.45) is 0 Å². The highest BCUT2D eigenvalue weighted by Crippen LogP contribution is 2.31. The summed E-state index contributed by atoms with van der Waals surface area (Å²) in [5, 5.41) is 12.9. The van der Waals surface area contributed by atoms with E-state index in [1.54, 1.807) is 36.4 Å². The summed E-state index contributed by atoms with van der Waals surface area (Å²) in [5.74, 6) is -1.36. The molecule has 1 aliphatic rings.